The third kappa shape index (κ3) is 9.39. The molecule has 4 aliphatic heterocycles. The van der Waals surface area contributed by atoms with Gasteiger partial charge in [0.05, 0.1) is 0 Å². The van der Waals surface area contributed by atoms with Crippen LogP contribution < -0.4 is 35.4 Å². The van der Waals surface area contributed by atoms with Crippen molar-refractivity contribution in [1.29, 1.82) is 0 Å². The van der Waals surface area contributed by atoms with Crippen LogP contribution in [0.4, 0.5) is 0 Å². The Bertz CT molecular complexity index is 2660. The van der Waals surface area contributed by atoms with E-state index in [4.69, 9.17) is 14.2 Å². The van der Waals surface area contributed by atoms with E-state index in [1.165, 1.54) is 168 Å². The fourth-order valence-corrected chi connectivity index (χ4v) is 18.4. The molecule has 358 valence electrons. The Morgan fingerprint density at radius 1 is 0.691 bits per heavy atom. The maximum atomic E-state index is 7.97. The number of rotatable bonds is 15. The molecule has 0 saturated heterocycles. The van der Waals surface area contributed by atoms with Gasteiger partial charge in [0, 0.05) is 54.7 Å². The van der Waals surface area contributed by atoms with Gasteiger partial charge in [-0.1, -0.05) is 170 Å². The Morgan fingerprint density at radius 2 is 1.38 bits per heavy atom. The van der Waals surface area contributed by atoms with Crippen molar-refractivity contribution >= 4 is 37.1 Å². The molecule has 0 fully saturated rings. The first-order chi connectivity index (χ1) is 33.0. The van der Waals surface area contributed by atoms with E-state index in [9.17, 15) is 0 Å². The van der Waals surface area contributed by atoms with Gasteiger partial charge in [0.25, 0.3) is 0 Å². The summed E-state index contributed by atoms with van der Waals surface area (Å²) in [6.07, 6.45) is 32.7. The lowest BCUT2D eigenvalue weighted by molar-refractivity contribution is 0.252. The van der Waals surface area contributed by atoms with Crippen LogP contribution in [0.5, 0.6) is 23.0 Å². The van der Waals surface area contributed by atoms with Crippen molar-refractivity contribution in [3.8, 4) is 23.0 Å². The Hall–Kier alpha value is -3.90. The third-order valence-corrected chi connectivity index (χ3v) is 21.4. The van der Waals surface area contributed by atoms with E-state index in [-0.39, 0.29) is 17.2 Å². The van der Waals surface area contributed by atoms with Crippen LogP contribution in [0.1, 0.15) is 178 Å². The molecule has 5 heteroatoms. The summed E-state index contributed by atoms with van der Waals surface area (Å²) in [5.74, 6) is 6.41. The predicted molar refractivity (Wildman–Crippen MR) is 292 cm³/mol. The minimum atomic E-state index is -0.985. The number of benzene rings is 4. The zero-order valence-electron chi connectivity index (χ0n) is 42.7. The zero-order valence-corrected chi connectivity index (χ0v) is 44.5. The van der Waals surface area contributed by atoms with Gasteiger partial charge in [0.15, 0.2) is 0 Å². The van der Waals surface area contributed by atoms with Crippen molar-refractivity contribution in [2.24, 2.45) is 11.8 Å². The van der Waals surface area contributed by atoms with E-state index < -0.39 is 15.8 Å². The first kappa shape index (κ1) is 47.8. The average Bonchev–Trinajstić information content (AvgIpc) is 3.33. The number of unbranched alkanes of at least 4 members (excludes halogenated alkanes) is 10. The number of fused-ring (bicyclic) bond motifs is 10. The van der Waals surface area contributed by atoms with Crippen LogP contribution in [0, 0.1) is 25.7 Å². The molecule has 6 atom stereocenters. The molecule has 0 spiro atoms. The molecule has 10 rings (SSSR count). The molecule has 2 aliphatic carbocycles. The zero-order chi connectivity index (χ0) is 47.1. The number of hydrogen-bond acceptors (Lipinski definition) is 3. The Balaban J connectivity index is 1.14. The van der Waals surface area contributed by atoms with Crippen molar-refractivity contribution in [3.05, 3.63) is 141 Å². The molecule has 0 radical (unpaired) electrons. The minimum absolute atomic E-state index is 0.0101. The van der Waals surface area contributed by atoms with Gasteiger partial charge in [-0.3, -0.25) is 0 Å². The van der Waals surface area contributed by atoms with Crippen LogP contribution in [-0.2, 0) is 18.3 Å². The van der Waals surface area contributed by atoms with Gasteiger partial charge in [-0.2, -0.15) is 0 Å². The number of aryl methyl sites for hydroxylation is 4. The number of allylic oxidation sites excluding steroid dienone is 6. The first-order valence-corrected chi connectivity index (χ1v) is 29.8. The number of ether oxygens (including phenoxy) is 3. The second-order valence-corrected chi connectivity index (χ2v) is 26.5. The Labute approximate surface area is 412 Å². The highest BCUT2D eigenvalue weighted by atomic mass is 31.1. The molecular weight excluding hydrogens is 867 g/mol. The van der Waals surface area contributed by atoms with Gasteiger partial charge in [0.2, 0.25) is 0 Å². The van der Waals surface area contributed by atoms with E-state index in [2.05, 4.69) is 140 Å². The molecule has 4 heterocycles. The monoisotopic (exact) mass is 945 g/mol. The van der Waals surface area contributed by atoms with Crippen LogP contribution >= 0.6 is 15.8 Å². The van der Waals surface area contributed by atoms with Gasteiger partial charge < -0.3 is 14.2 Å². The maximum absolute atomic E-state index is 7.97. The van der Waals surface area contributed by atoms with E-state index in [0.717, 1.165) is 42.3 Å². The summed E-state index contributed by atoms with van der Waals surface area (Å²) in [5.41, 5.74) is 11.1. The van der Waals surface area contributed by atoms with Crippen LogP contribution in [0.25, 0.3) is 0 Å². The van der Waals surface area contributed by atoms with Crippen LogP contribution in [0.2, 0.25) is 0 Å². The highest BCUT2D eigenvalue weighted by molar-refractivity contribution is 7.77. The smallest absolute Gasteiger partial charge is 0.139 e. The van der Waals surface area contributed by atoms with E-state index >= 15 is 0 Å². The molecule has 4 aromatic carbocycles. The fourth-order valence-electron chi connectivity index (χ4n) is 12.4. The fraction of sp³-hybridized carbons (Fsp3) is 0.492. The number of hydrogen-bond donors (Lipinski definition) is 0. The van der Waals surface area contributed by atoms with Crippen LogP contribution in [0.3, 0.4) is 0 Å². The molecule has 0 N–H and O–H groups in total. The molecule has 4 bridgehead atoms. The molecule has 0 amide bonds. The largest absolute Gasteiger partial charge is 0.485 e. The van der Waals surface area contributed by atoms with Crippen molar-refractivity contribution < 1.29 is 14.2 Å². The van der Waals surface area contributed by atoms with E-state index in [1.807, 2.05) is 0 Å². The van der Waals surface area contributed by atoms with Crippen LogP contribution in [-0.4, -0.2) is 11.8 Å². The highest BCUT2D eigenvalue weighted by Gasteiger charge is 2.46. The van der Waals surface area contributed by atoms with Crippen LogP contribution in [0.15, 0.2) is 107 Å². The third-order valence-electron chi connectivity index (χ3n) is 16.2. The molecular formula is C63H78O3P2. The van der Waals surface area contributed by atoms with Gasteiger partial charge in [-0.15, -0.1) is 0 Å². The maximum Gasteiger partial charge on any atom is 0.139 e. The van der Waals surface area contributed by atoms with Gasteiger partial charge in [-0.05, 0) is 141 Å². The predicted octanol–water partition coefficient (Wildman–Crippen LogP) is 16.4. The standard InChI is InChI=1S/C63H78O3P2/c1-9-11-13-15-16-17-18-19-22-45-36-49-61(57(38-45)67-54-32-41(3)26-29-51(54)64-52-30-27-42(4)33-55(52)67)66-62-50(63(49,7)8)37-46-23-21-25-47(24-20-14-12-10-2)48-35-44(6)60-59(40-48)68(58(62)39-46)56-34-43(5)28-31-53(56)65-60/h26-34,36-40,44,47,51,54H,9-25,35H2,1-8H3. The second kappa shape index (κ2) is 20.4. The molecule has 68 heavy (non-hydrogen) atoms. The summed E-state index contributed by atoms with van der Waals surface area (Å²) in [6.45, 7) is 18.9. The Morgan fingerprint density at radius 3 is 2.16 bits per heavy atom. The van der Waals surface area contributed by atoms with Gasteiger partial charge in [-0.25, -0.2) is 0 Å². The van der Waals surface area contributed by atoms with Crippen molar-refractivity contribution in [2.75, 3.05) is 0 Å². The molecule has 6 aliphatic rings. The SMILES string of the molecule is CCCCCCCCCCc1cc(P2c3cc(C)ccc3OC3C=CC(C)=CC32)c2c(c1)C(C)(C)c1cc3cc(c1O2)P1C2=C(Oc4ccc(C)cc41)C(C)CC(=C2)C(CCCCCC)CCC3. The second-order valence-electron chi connectivity index (χ2n) is 22.0. The summed E-state index contributed by atoms with van der Waals surface area (Å²) in [6, 6.07) is 24.2. The van der Waals surface area contributed by atoms with E-state index in [0.29, 0.717) is 11.8 Å². The lowest BCUT2D eigenvalue weighted by Crippen LogP contribution is -2.41. The van der Waals surface area contributed by atoms with E-state index in [1.54, 1.807) is 5.57 Å². The summed E-state index contributed by atoms with van der Waals surface area (Å²) >= 11 is 0. The first-order valence-electron chi connectivity index (χ1n) is 27.0. The van der Waals surface area contributed by atoms with Gasteiger partial charge in [0.1, 0.15) is 34.9 Å². The molecule has 6 unspecified atom stereocenters. The van der Waals surface area contributed by atoms with Crippen molar-refractivity contribution in [1.82, 2.24) is 0 Å². The normalized spacial score (nSPS) is 23.8. The lowest BCUT2D eigenvalue weighted by atomic mass is 9.74. The van der Waals surface area contributed by atoms with Crippen molar-refractivity contribution in [3.63, 3.8) is 0 Å². The summed E-state index contributed by atoms with van der Waals surface area (Å²) < 4.78 is 22.0. The van der Waals surface area contributed by atoms with Gasteiger partial charge >= 0.3 is 0 Å². The summed E-state index contributed by atoms with van der Waals surface area (Å²) in [4.78, 5) is 0. The molecule has 4 aromatic rings. The quantitative estimate of drug-likeness (QED) is 0.0878. The minimum Gasteiger partial charge on any atom is -0.485 e. The summed E-state index contributed by atoms with van der Waals surface area (Å²) in [7, 11) is -1.88. The lowest BCUT2D eigenvalue weighted by Gasteiger charge is -2.43. The molecule has 3 nitrogen and oxygen atoms in total. The summed E-state index contributed by atoms with van der Waals surface area (Å²) in [5, 5.41) is 6.87. The average molecular weight is 945 g/mol. The van der Waals surface area contributed by atoms with Crippen molar-refractivity contribution in [2.45, 2.75) is 188 Å². The highest BCUT2D eigenvalue weighted by Crippen LogP contribution is 2.61. The topological polar surface area (TPSA) is 27.7 Å². The molecule has 0 saturated carbocycles. The Kier molecular flexibility index (Phi) is 14.4. The molecule has 0 aromatic heterocycles.